The van der Waals surface area contributed by atoms with Crippen LogP contribution in [0.5, 0.6) is 0 Å². The number of hydrogen-bond acceptors (Lipinski definition) is 2. The minimum absolute atomic E-state index is 0.510. The second-order valence-corrected chi connectivity index (χ2v) is 5.84. The first kappa shape index (κ1) is 13.7. The number of aliphatic hydroxyl groups is 1. The molecule has 18 heavy (non-hydrogen) atoms. The lowest BCUT2D eigenvalue weighted by molar-refractivity contribution is 0.199. The Morgan fingerprint density at radius 1 is 1.39 bits per heavy atom. The van der Waals surface area contributed by atoms with E-state index in [-0.39, 0.29) is 0 Å². The van der Waals surface area contributed by atoms with Crippen molar-refractivity contribution in [1.29, 1.82) is 0 Å². The Labute approximate surface area is 115 Å². The second-order valence-electron chi connectivity index (χ2n) is 5.44. The highest BCUT2D eigenvalue weighted by Crippen LogP contribution is 2.32. The van der Waals surface area contributed by atoms with E-state index in [0.717, 1.165) is 12.1 Å². The molecule has 0 bridgehead atoms. The molecular weight excluding hydrogens is 246 g/mol. The van der Waals surface area contributed by atoms with E-state index in [4.69, 9.17) is 11.6 Å². The van der Waals surface area contributed by atoms with Gasteiger partial charge in [-0.3, -0.25) is 0 Å². The van der Waals surface area contributed by atoms with Gasteiger partial charge < -0.3 is 10.0 Å². The van der Waals surface area contributed by atoms with Gasteiger partial charge in [-0.25, -0.2) is 0 Å². The van der Waals surface area contributed by atoms with Gasteiger partial charge in [0, 0.05) is 23.3 Å². The molecule has 1 saturated heterocycles. The maximum absolute atomic E-state index is 9.60. The van der Waals surface area contributed by atoms with E-state index in [2.05, 4.69) is 24.8 Å². The van der Waals surface area contributed by atoms with Crippen LogP contribution in [0.25, 0.3) is 0 Å². The van der Waals surface area contributed by atoms with Crippen molar-refractivity contribution in [1.82, 2.24) is 0 Å². The molecule has 0 saturated carbocycles. The van der Waals surface area contributed by atoms with E-state index in [1.54, 1.807) is 6.92 Å². The zero-order valence-electron chi connectivity index (χ0n) is 11.4. The van der Waals surface area contributed by atoms with E-state index in [1.165, 1.54) is 18.5 Å². The standard InChI is InChI=1S/C15H22ClNO/c1-10-5-4-8-17(11(10)2)13-6-7-14(12(3)18)15(16)9-13/h6-7,9-12,18H,4-5,8H2,1-3H3. The summed E-state index contributed by atoms with van der Waals surface area (Å²) in [6, 6.07) is 6.54. The summed E-state index contributed by atoms with van der Waals surface area (Å²) in [5.41, 5.74) is 1.97. The van der Waals surface area contributed by atoms with Crippen LogP contribution >= 0.6 is 11.6 Å². The van der Waals surface area contributed by atoms with Gasteiger partial charge in [0.1, 0.15) is 0 Å². The molecule has 3 heteroatoms. The number of hydrogen-bond donors (Lipinski definition) is 1. The van der Waals surface area contributed by atoms with Crippen molar-refractivity contribution in [3.8, 4) is 0 Å². The Balaban J connectivity index is 2.26. The molecule has 1 N–H and O–H groups in total. The van der Waals surface area contributed by atoms with Crippen LogP contribution in [0.1, 0.15) is 45.3 Å². The molecule has 3 atom stereocenters. The minimum atomic E-state index is -0.510. The molecule has 0 spiro atoms. The van der Waals surface area contributed by atoms with Crippen LogP contribution < -0.4 is 4.90 Å². The van der Waals surface area contributed by atoms with Crippen LogP contribution in [0.15, 0.2) is 18.2 Å². The van der Waals surface area contributed by atoms with Gasteiger partial charge in [0.05, 0.1) is 6.10 Å². The summed E-state index contributed by atoms with van der Waals surface area (Å²) in [6.07, 6.45) is 2.03. The Morgan fingerprint density at radius 3 is 2.72 bits per heavy atom. The Hall–Kier alpha value is -0.730. The molecule has 3 unspecified atom stereocenters. The van der Waals surface area contributed by atoms with E-state index in [1.807, 2.05) is 12.1 Å². The zero-order valence-corrected chi connectivity index (χ0v) is 12.1. The summed E-state index contributed by atoms with van der Waals surface area (Å²) in [4.78, 5) is 2.42. The normalized spacial score (nSPS) is 26.2. The molecular formula is C15H22ClNO. The number of halogens is 1. The molecule has 1 aliphatic heterocycles. The highest BCUT2D eigenvalue weighted by molar-refractivity contribution is 6.31. The smallest absolute Gasteiger partial charge is 0.0776 e. The van der Waals surface area contributed by atoms with Crippen molar-refractivity contribution in [2.75, 3.05) is 11.4 Å². The first-order valence-electron chi connectivity index (χ1n) is 6.75. The largest absolute Gasteiger partial charge is 0.389 e. The van der Waals surface area contributed by atoms with Crippen molar-refractivity contribution in [3.05, 3.63) is 28.8 Å². The summed E-state index contributed by atoms with van der Waals surface area (Å²) in [5.74, 6) is 0.717. The Bertz CT molecular complexity index is 419. The molecule has 0 aromatic heterocycles. The van der Waals surface area contributed by atoms with Crippen molar-refractivity contribution >= 4 is 17.3 Å². The van der Waals surface area contributed by atoms with Crippen LogP contribution in [0, 0.1) is 5.92 Å². The molecule has 0 aliphatic carbocycles. The van der Waals surface area contributed by atoms with Gasteiger partial charge in [-0.2, -0.15) is 0 Å². The van der Waals surface area contributed by atoms with Gasteiger partial charge in [0.15, 0.2) is 0 Å². The fourth-order valence-corrected chi connectivity index (χ4v) is 3.07. The predicted molar refractivity (Wildman–Crippen MR) is 77.3 cm³/mol. The van der Waals surface area contributed by atoms with Crippen LogP contribution in [-0.2, 0) is 0 Å². The predicted octanol–water partition coefficient (Wildman–Crippen LogP) is 4.02. The highest BCUT2D eigenvalue weighted by atomic mass is 35.5. The maximum Gasteiger partial charge on any atom is 0.0776 e. The van der Waals surface area contributed by atoms with Crippen LogP contribution in [0.3, 0.4) is 0 Å². The molecule has 2 rings (SSSR count). The maximum atomic E-state index is 9.60. The summed E-state index contributed by atoms with van der Waals surface area (Å²) in [6.45, 7) is 7.42. The number of nitrogens with zero attached hydrogens (tertiary/aromatic N) is 1. The van der Waals surface area contributed by atoms with Crippen molar-refractivity contribution < 1.29 is 5.11 Å². The lowest BCUT2D eigenvalue weighted by Crippen LogP contribution is -2.42. The van der Waals surface area contributed by atoms with Crippen molar-refractivity contribution in [2.45, 2.75) is 45.8 Å². The molecule has 0 radical (unpaired) electrons. The summed E-state index contributed by atoms with van der Waals surface area (Å²) < 4.78 is 0. The summed E-state index contributed by atoms with van der Waals surface area (Å²) >= 11 is 6.24. The lowest BCUT2D eigenvalue weighted by Gasteiger charge is -2.39. The second kappa shape index (κ2) is 5.50. The summed E-state index contributed by atoms with van der Waals surface area (Å²) in [5, 5.41) is 10.3. The van der Waals surface area contributed by atoms with Gasteiger partial charge in [-0.1, -0.05) is 24.6 Å². The molecule has 1 aromatic carbocycles. The van der Waals surface area contributed by atoms with Gasteiger partial charge >= 0.3 is 0 Å². The minimum Gasteiger partial charge on any atom is -0.389 e. The summed E-state index contributed by atoms with van der Waals surface area (Å²) in [7, 11) is 0. The van der Waals surface area contributed by atoms with E-state index in [0.29, 0.717) is 17.0 Å². The lowest BCUT2D eigenvalue weighted by atomic mass is 9.91. The van der Waals surface area contributed by atoms with E-state index < -0.39 is 6.10 Å². The fourth-order valence-electron chi connectivity index (χ4n) is 2.73. The zero-order chi connectivity index (χ0) is 13.3. The SMILES string of the molecule is CC(O)c1ccc(N2CCCC(C)C2C)cc1Cl. The third-order valence-corrected chi connectivity index (χ3v) is 4.47. The van der Waals surface area contributed by atoms with E-state index in [9.17, 15) is 5.11 Å². The fraction of sp³-hybridized carbons (Fsp3) is 0.600. The number of anilines is 1. The van der Waals surface area contributed by atoms with E-state index >= 15 is 0 Å². The molecule has 1 fully saturated rings. The third kappa shape index (κ3) is 2.65. The van der Waals surface area contributed by atoms with Crippen molar-refractivity contribution in [3.63, 3.8) is 0 Å². The molecule has 1 aromatic rings. The van der Waals surface area contributed by atoms with Gasteiger partial charge in [0.25, 0.3) is 0 Å². The number of piperidine rings is 1. The Morgan fingerprint density at radius 2 is 2.11 bits per heavy atom. The van der Waals surface area contributed by atoms with Crippen LogP contribution in [0.2, 0.25) is 5.02 Å². The van der Waals surface area contributed by atoms with Crippen LogP contribution in [0.4, 0.5) is 5.69 Å². The number of aliphatic hydroxyl groups excluding tert-OH is 1. The van der Waals surface area contributed by atoms with Crippen LogP contribution in [-0.4, -0.2) is 17.7 Å². The number of benzene rings is 1. The molecule has 2 nitrogen and oxygen atoms in total. The topological polar surface area (TPSA) is 23.5 Å². The Kier molecular flexibility index (Phi) is 4.18. The monoisotopic (exact) mass is 267 g/mol. The first-order valence-corrected chi connectivity index (χ1v) is 7.12. The first-order chi connectivity index (χ1) is 8.50. The third-order valence-electron chi connectivity index (χ3n) is 4.14. The highest BCUT2D eigenvalue weighted by Gasteiger charge is 2.25. The number of rotatable bonds is 2. The average molecular weight is 268 g/mol. The molecule has 100 valence electrons. The molecule has 1 aliphatic rings. The molecule has 1 heterocycles. The van der Waals surface area contributed by atoms with Crippen molar-refractivity contribution in [2.24, 2.45) is 5.92 Å². The van der Waals surface area contributed by atoms with Gasteiger partial charge in [-0.15, -0.1) is 0 Å². The average Bonchev–Trinajstić information content (AvgIpc) is 2.32. The van der Waals surface area contributed by atoms with Gasteiger partial charge in [0.2, 0.25) is 0 Å². The quantitative estimate of drug-likeness (QED) is 0.875. The van der Waals surface area contributed by atoms with Gasteiger partial charge in [-0.05, 0) is 50.3 Å². The molecule has 0 amide bonds.